The lowest BCUT2D eigenvalue weighted by Gasteiger charge is -2.24. The van der Waals surface area contributed by atoms with Crippen molar-refractivity contribution in [3.8, 4) is 0 Å². The van der Waals surface area contributed by atoms with Gasteiger partial charge in [-0.05, 0) is 36.5 Å². The van der Waals surface area contributed by atoms with Crippen LogP contribution in [0.5, 0.6) is 0 Å². The maximum absolute atomic E-state index is 12.2. The molecule has 0 heterocycles. The topological polar surface area (TPSA) is 66.4 Å². The van der Waals surface area contributed by atoms with Crippen LogP contribution in [0.4, 0.5) is 0 Å². The van der Waals surface area contributed by atoms with E-state index in [1.54, 1.807) is 0 Å². The molecule has 4 atom stereocenters. The minimum atomic E-state index is -0.829. The van der Waals surface area contributed by atoms with Gasteiger partial charge < -0.3 is 10.4 Å². The van der Waals surface area contributed by atoms with Crippen molar-refractivity contribution in [2.24, 2.45) is 29.1 Å². The van der Waals surface area contributed by atoms with Crippen molar-refractivity contribution < 1.29 is 14.7 Å². The van der Waals surface area contributed by atoms with Gasteiger partial charge in [0.25, 0.3) is 0 Å². The highest BCUT2D eigenvalue weighted by molar-refractivity contribution is 5.86. The molecule has 98 valence electrons. The fourth-order valence-electron chi connectivity index (χ4n) is 3.32. The third-order valence-corrected chi connectivity index (χ3v) is 4.84. The third kappa shape index (κ3) is 1.84. The molecule has 2 fully saturated rings. The Morgan fingerprint density at radius 2 is 1.89 bits per heavy atom. The summed E-state index contributed by atoms with van der Waals surface area (Å²) in [6, 6.07) is 0. The van der Waals surface area contributed by atoms with Gasteiger partial charge in [-0.15, -0.1) is 0 Å². The van der Waals surface area contributed by atoms with E-state index in [4.69, 9.17) is 0 Å². The van der Waals surface area contributed by atoms with E-state index in [-0.39, 0.29) is 29.1 Å². The fourth-order valence-corrected chi connectivity index (χ4v) is 3.32. The summed E-state index contributed by atoms with van der Waals surface area (Å²) in [5, 5.41) is 12.2. The smallest absolute Gasteiger partial charge is 0.307 e. The standard InChI is InChI=1S/C14H19NO3/c1-14(4-5-14)7-15-12(16)10-8-2-3-9(6-8)11(10)13(17)18/h2-3,8-11H,4-7H2,1H3,(H,15,16)(H,17,18)/t8?,9?,10-,11+/m0/s1. The molecule has 4 heteroatoms. The van der Waals surface area contributed by atoms with Crippen molar-refractivity contribution in [1.29, 1.82) is 0 Å². The highest BCUT2D eigenvalue weighted by Crippen LogP contribution is 2.48. The molecular formula is C14H19NO3. The van der Waals surface area contributed by atoms with E-state index in [1.165, 1.54) is 0 Å². The molecule has 18 heavy (non-hydrogen) atoms. The summed E-state index contributed by atoms with van der Waals surface area (Å²) in [7, 11) is 0. The summed E-state index contributed by atoms with van der Waals surface area (Å²) >= 11 is 0. The zero-order valence-corrected chi connectivity index (χ0v) is 10.6. The molecule has 2 saturated carbocycles. The van der Waals surface area contributed by atoms with Crippen LogP contribution in [0.25, 0.3) is 0 Å². The molecule has 3 aliphatic rings. The van der Waals surface area contributed by atoms with Crippen LogP contribution in [-0.4, -0.2) is 23.5 Å². The first-order valence-electron chi connectivity index (χ1n) is 6.69. The number of carbonyl (C=O) groups is 2. The molecular weight excluding hydrogens is 230 g/mol. The SMILES string of the molecule is CC1(CNC(=O)[C@H]2C3C=CC(C3)[C@H]2C(=O)O)CC1. The molecule has 0 aromatic carbocycles. The second-order valence-electron chi connectivity index (χ2n) is 6.37. The lowest BCUT2D eigenvalue weighted by atomic mass is 9.82. The van der Waals surface area contributed by atoms with Crippen LogP contribution in [-0.2, 0) is 9.59 Å². The van der Waals surface area contributed by atoms with Crippen molar-refractivity contribution in [3.63, 3.8) is 0 Å². The molecule has 0 aromatic rings. The van der Waals surface area contributed by atoms with Crippen molar-refractivity contribution in [1.82, 2.24) is 5.32 Å². The quantitative estimate of drug-likeness (QED) is 0.741. The maximum atomic E-state index is 12.2. The first-order valence-corrected chi connectivity index (χ1v) is 6.69. The summed E-state index contributed by atoms with van der Waals surface area (Å²) in [5.74, 6) is -1.59. The molecule has 0 spiro atoms. The van der Waals surface area contributed by atoms with Crippen LogP contribution >= 0.6 is 0 Å². The molecule has 2 bridgehead atoms. The minimum Gasteiger partial charge on any atom is -0.481 e. The predicted octanol–water partition coefficient (Wildman–Crippen LogP) is 1.43. The van der Waals surface area contributed by atoms with E-state index < -0.39 is 11.9 Å². The third-order valence-electron chi connectivity index (χ3n) is 4.84. The van der Waals surface area contributed by atoms with E-state index in [0.717, 1.165) is 19.3 Å². The summed E-state index contributed by atoms with van der Waals surface area (Å²) in [6.07, 6.45) is 7.13. The van der Waals surface area contributed by atoms with Crippen molar-refractivity contribution in [3.05, 3.63) is 12.2 Å². The zero-order valence-electron chi connectivity index (χ0n) is 10.6. The number of rotatable bonds is 4. The first kappa shape index (κ1) is 11.8. The molecule has 0 saturated heterocycles. The number of carbonyl (C=O) groups excluding carboxylic acids is 1. The van der Waals surface area contributed by atoms with E-state index >= 15 is 0 Å². The maximum Gasteiger partial charge on any atom is 0.307 e. The number of carboxylic acid groups (broad SMARTS) is 1. The molecule has 0 aromatic heterocycles. The predicted molar refractivity (Wildman–Crippen MR) is 65.7 cm³/mol. The Morgan fingerprint density at radius 3 is 2.44 bits per heavy atom. The number of aliphatic carboxylic acids is 1. The van der Waals surface area contributed by atoms with Crippen LogP contribution in [0.2, 0.25) is 0 Å². The number of hydrogen-bond acceptors (Lipinski definition) is 2. The highest BCUT2D eigenvalue weighted by Gasteiger charge is 2.52. The van der Waals surface area contributed by atoms with E-state index in [0.29, 0.717) is 6.54 Å². The molecule has 2 unspecified atom stereocenters. The van der Waals surface area contributed by atoms with Gasteiger partial charge in [0.1, 0.15) is 0 Å². The van der Waals surface area contributed by atoms with Crippen molar-refractivity contribution in [2.45, 2.75) is 26.2 Å². The Morgan fingerprint density at radius 1 is 1.28 bits per heavy atom. The Hall–Kier alpha value is -1.32. The summed E-state index contributed by atoms with van der Waals surface area (Å²) in [5.41, 5.74) is 0.266. The molecule has 1 amide bonds. The zero-order chi connectivity index (χ0) is 12.9. The number of nitrogens with one attached hydrogen (secondary N) is 1. The van der Waals surface area contributed by atoms with Gasteiger partial charge in [-0.3, -0.25) is 9.59 Å². The Kier molecular flexibility index (Phi) is 2.50. The first-order chi connectivity index (χ1) is 8.50. The van der Waals surface area contributed by atoms with Gasteiger partial charge in [0.2, 0.25) is 5.91 Å². The van der Waals surface area contributed by atoms with Crippen molar-refractivity contribution >= 4 is 11.9 Å². The number of fused-ring (bicyclic) bond motifs is 2. The molecule has 4 nitrogen and oxygen atoms in total. The summed E-state index contributed by atoms with van der Waals surface area (Å²) in [6.45, 7) is 2.85. The van der Waals surface area contributed by atoms with Gasteiger partial charge >= 0.3 is 5.97 Å². The molecule has 2 N–H and O–H groups in total. The van der Waals surface area contributed by atoms with Crippen LogP contribution in [0, 0.1) is 29.1 Å². The monoisotopic (exact) mass is 249 g/mol. The average Bonchev–Trinajstić information content (AvgIpc) is 2.79. The Labute approximate surface area is 106 Å². The van der Waals surface area contributed by atoms with E-state index in [9.17, 15) is 14.7 Å². The van der Waals surface area contributed by atoms with Gasteiger partial charge in [-0.2, -0.15) is 0 Å². The number of allylic oxidation sites excluding steroid dienone is 2. The molecule has 3 aliphatic carbocycles. The molecule has 0 aliphatic heterocycles. The number of amides is 1. The Bertz CT molecular complexity index is 425. The lowest BCUT2D eigenvalue weighted by molar-refractivity contribution is -0.147. The number of hydrogen-bond donors (Lipinski definition) is 2. The normalized spacial score (nSPS) is 38.7. The van der Waals surface area contributed by atoms with Gasteiger partial charge in [0.05, 0.1) is 11.8 Å². The van der Waals surface area contributed by atoms with Crippen LogP contribution in [0.3, 0.4) is 0 Å². The molecule has 3 rings (SSSR count). The van der Waals surface area contributed by atoms with E-state index in [1.807, 2.05) is 12.2 Å². The van der Waals surface area contributed by atoms with Crippen LogP contribution < -0.4 is 5.32 Å². The summed E-state index contributed by atoms with van der Waals surface area (Å²) in [4.78, 5) is 23.5. The van der Waals surface area contributed by atoms with E-state index in [2.05, 4.69) is 12.2 Å². The van der Waals surface area contributed by atoms with Gasteiger partial charge in [-0.1, -0.05) is 19.1 Å². The van der Waals surface area contributed by atoms with Crippen molar-refractivity contribution in [2.75, 3.05) is 6.54 Å². The van der Waals surface area contributed by atoms with Gasteiger partial charge in [0, 0.05) is 6.54 Å². The van der Waals surface area contributed by atoms with Crippen LogP contribution in [0.15, 0.2) is 12.2 Å². The van der Waals surface area contributed by atoms with Crippen LogP contribution in [0.1, 0.15) is 26.2 Å². The second-order valence-corrected chi connectivity index (χ2v) is 6.37. The summed E-state index contributed by atoms with van der Waals surface area (Å²) < 4.78 is 0. The second kappa shape index (κ2) is 3.84. The number of carboxylic acids is 1. The fraction of sp³-hybridized carbons (Fsp3) is 0.714. The van der Waals surface area contributed by atoms with Gasteiger partial charge in [-0.25, -0.2) is 0 Å². The highest BCUT2D eigenvalue weighted by atomic mass is 16.4. The minimum absolute atomic E-state index is 0.0553. The molecule has 0 radical (unpaired) electrons. The largest absolute Gasteiger partial charge is 0.481 e. The lowest BCUT2D eigenvalue weighted by Crippen LogP contribution is -2.41. The Balaban J connectivity index is 1.68. The average molecular weight is 249 g/mol. The van der Waals surface area contributed by atoms with Gasteiger partial charge in [0.15, 0.2) is 0 Å².